The molecule has 0 amide bonds. The number of rotatable bonds is 3. The predicted molar refractivity (Wildman–Crippen MR) is 75.8 cm³/mol. The number of alkyl halides is 1. The maximum Gasteiger partial charge on any atom is 0.141 e. The van der Waals surface area contributed by atoms with Crippen LogP contribution in [0.4, 0.5) is 4.39 Å². The van der Waals surface area contributed by atoms with Gasteiger partial charge in [0, 0.05) is 22.4 Å². The third kappa shape index (κ3) is 2.89. The van der Waals surface area contributed by atoms with E-state index in [0.717, 1.165) is 18.6 Å². The van der Waals surface area contributed by atoms with Crippen molar-refractivity contribution >= 4 is 31.9 Å². The third-order valence-electron chi connectivity index (χ3n) is 3.21. The minimum absolute atomic E-state index is 0.106. The molecule has 0 N–H and O–H groups in total. The van der Waals surface area contributed by atoms with E-state index in [9.17, 15) is 4.39 Å². The molecule has 1 aliphatic rings. The number of hydrogen-bond acceptors (Lipinski definition) is 2. The molecular weight excluding hydrogens is 367 g/mol. The van der Waals surface area contributed by atoms with E-state index in [1.807, 2.05) is 0 Å². The molecule has 1 fully saturated rings. The highest BCUT2D eigenvalue weighted by molar-refractivity contribution is 9.10. The topological polar surface area (TPSA) is 18.5 Å². The van der Waals surface area contributed by atoms with E-state index in [2.05, 4.69) is 38.8 Å². The van der Waals surface area contributed by atoms with Crippen molar-refractivity contribution in [3.8, 4) is 5.75 Å². The molecule has 1 heterocycles. The molecule has 1 saturated heterocycles. The average Bonchev–Trinajstić information content (AvgIpc) is 2.78. The number of ether oxygens (including phenoxy) is 2. The van der Waals surface area contributed by atoms with E-state index in [-0.39, 0.29) is 16.7 Å². The fourth-order valence-corrected chi connectivity index (χ4v) is 3.33. The van der Waals surface area contributed by atoms with Crippen molar-refractivity contribution in [3.05, 3.63) is 28.0 Å². The second-order valence-corrected chi connectivity index (χ2v) is 6.39. The Morgan fingerprint density at radius 2 is 2.22 bits per heavy atom. The molecule has 0 aliphatic carbocycles. The number of hydrogen-bond donors (Lipinski definition) is 0. The Labute approximate surface area is 123 Å². The third-order valence-corrected chi connectivity index (χ3v) is 5.06. The van der Waals surface area contributed by atoms with Gasteiger partial charge in [0.25, 0.3) is 0 Å². The van der Waals surface area contributed by atoms with E-state index in [1.165, 1.54) is 6.07 Å². The smallest absolute Gasteiger partial charge is 0.141 e. The van der Waals surface area contributed by atoms with Gasteiger partial charge in [0.15, 0.2) is 0 Å². The molecule has 2 nitrogen and oxygen atoms in total. The van der Waals surface area contributed by atoms with Crippen LogP contribution in [0.25, 0.3) is 0 Å². The van der Waals surface area contributed by atoms with Crippen LogP contribution >= 0.6 is 31.9 Å². The Hall–Kier alpha value is -0.130. The summed E-state index contributed by atoms with van der Waals surface area (Å²) in [5, 5.41) is 0. The molecular formula is C13H15Br2FO2. The predicted octanol–water partition coefficient (Wildman–Crippen LogP) is 4.46. The highest BCUT2D eigenvalue weighted by atomic mass is 79.9. The van der Waals surface area contributed by atoms with Crippen LogP contribution in [-0.2, 0) is 4.74 Å². The summed E-state index contributed by atoms with van der Waals surface area (Å²) in [6.07, 6.45) is 1.28. The quantitative estimate of drug-likeness (QED) is 0.719. The molecule has 3 atom stereocenters. The maximum absolute atomic E-state index is 13.5. The van der Waals surface area contributed by atoms with Crippen LogP contribution in [0, 0.1) is 11.7 Å². The minimum atomic E-state index is -0.314. The second-order valence-electron chi connectivity index (χ2n) is 4.55. The lowest BCUT2D eigenvalue weighted by Crippen LogP contribution is -2.09. The molecule has 18 heavy (non-hydrogen) atoms. The zero-order valence-corrected chi connectivity index (χ0v) is 13.4. The summed E-state index contributed by atoms with van der Waals surface area (Å²) in [5.41, 5.74) is 0.952. The van der Waals surface area contributed by atoms with Gasteiger partial charge in [0.05, 0.1) is 24.3 Å². The Kier molecular flexibility index (Phi) is 4.67. The lowest BCUT2D eigenvalue weighted by molar-refractivity contribution is 0.120. The lowest BCUT2D eigenvalue weighted by Gasteiger charge is -2.19. The Morgan fingerprint density at radius 1 is 1.50 bits per heavy atom. The molecule has 0 saturated carbocycles. The van der Waals surface area contributed by atoms with Crippen molar-refractivity contribution in [2.75, 3.05) is 13.7 Å². The van der Waals surface area contributed by atoms with Crippen molar-refractivity contribution in [1.29, 1.82) is 0 Å². The highest BCUT2D eigenvalue weighted by Gasteiger charge is 2.31. The maximum atomic E-state index is 13.5. The van der Waals surface area contributed by atoms with Crippen LogP contribution in [0.5, 0.6) is 5.75 Å². The van der Waals surface area contributed by atoms with Crippen molar-refractivity contribution in [2.24, 2.45) is 5.92 Å². The highest BCUT2D eigenvalue weighted by Crippen LogP contribution is 2.43. The van der Waals surface area contributed by atoms with Crippen LogP contribution in [-0.4, -0.2) is 19.8 Å². The summed E-state index contributed by atoms with van der Waals surface area (Å²) in [7, 11) is 1.56. The fraction of sp³-hybridized carbons (Fsp3) is 0.538. The SMILES string of the molecule is COc1cc(F)c(Br)cc1C(Br)C1COC(C)C1. The van der Waals surface area contributed by atoms with E-state index in [1.54, 1.807) is 13.2 Å². The molecule has 1 aromatic rings. The van der Waals surface area contributed by atoms with Gasteiger partial charge >= 0.3 is 0 Å². The van der Waals surface area contributed by atoms with Gasteiger partial charge in [-0.2, -0.15) is 0 Å². The van der Waals surface area contributed by atoms with Crippen molar-refractivity contribution in [2.45, 2.75) is 24.3 Å². The van der Waals surface area contributed by atoms with Gasteiger partial charge in [0.1, 0.15) is 11.6 Å². The first-order valence-electron chi connectivity index (χ1n) is 5.81. The van der Waals surface area contributed by atoms with Crippen LogP contribution < -0.4 is 4.74 Å². The van der Waals surface area contributed by atoms with Gasteiger partial charge in [-0.15, -0.1) is 0 Å². The summed E-state index contributed by atoms with van der Waals surface area (Å²) in [5.74, 6) is 0.634. The largest absolute Gasteiger partial charge is 0.496 e. The van der Waals surface area contributed by atoms with Gasteiger partial charge in [-0.25, -0.2) is 4.39 Å². The second kappa shape index (κ2) is 5.88. The van der Waals surface area contributed by atoms with Crippen LogP contribution in [0.3, 0.4) is 0 Å². The van der Waals surface area contributed by atoms with E-state index in [0.29, 0.717) is 16.1 Å². The van der Waals surface area contributed by atoms with E-state index >= 15 is 0 Å². The molecule has 5 heteroatoms. The van der Waals surface area contributed by atoms with Crippen LogP contribution in [0.1, 0.15) is 23.7 Å². The number of halogens is 3. The molecule has 1 aliphatic heterocycles. The van der Waals surface area contributed by atoms with E-state index in [4.69, 9.17) is 9.47 Å². The molecule has 0 aromatic heterocycles. The van der Waals surface area contributed by atoms with Crippen LogP contribution in [0.15, 0.2) is 16.6 Å². The summed E-state index contributed by atoms with van der Waals surface area (Å²) in [6, 6.07) is 3.18. The summed E-state index contributed by atoms with van der Waals surface area (Å²) >= 11 is 6.90. The first kappa shape index (κ1) is 14.3. The summed E-state index contributed by atoms with van der Waals surface area (Å²) in [4.78, 5) is 0.106. The molecule has 2 rings (SSSR count). The van der Waals surface area contributed by atoms with Gasteiger partial charge in [0.2, 0.25) is 0 Å². The normalized spacial score (nSPS) is 25.2. The Bertz CT molecular complexity index is 439. The molecule has 0 radical (unpaired) electrons. The van der Waals surface area contributed by atoms with Crippen LogP contribution in [0.2, 0.25) is 0 Å². The first-order valence-corrected chi connectivity index (χ1v) is 7.52. The average molecular weight is 382 g/mol. The fourth-order valence-electron chi connectivity index (χ4n) is 2.24. The molecule has 0 bridgehead atoms. The molecule has 100 valence electrons. The monoisotopic (exact) mass is 380 g/mol. The standard InChI is InChI=1S/C13H15Br2FO2/c1-7-3-8(6-18-7)13(15)9-4-10(14)11(16)5-12(9)17-2/h4-5,7-8,13H,3,6H2,1-2H3. The zero-order valence-electron chi connectivity index (χ0n) is 10.3. The Balaban J connectivity index is 2.29. The number of methoxy groups -OCH3 is 1. The molecule has 1 aromatic carbocycles. The van der Waals surface area contributed by atoms with Gasteiger partial charge in [-0.05, 0) is 35.3 Å². The van der Waals surface area contributed by atoms with Gasteiger partial charge in [-0.3, -0.25) is 0 Å². The summed E-state index contributed by atoms with van der Waals surface area (Å²) < 4.78 is 24.8. The van der Waals surface area contributed by atoms with Crippen molar-refractivity contribution in [1.82, 2.24) is 0 Å². The zero-order chi connectivity index (χ0) is 13.3. The first-order chi connectivity index (χ1) is 8.52. The molecule has 0 spiro atoms. The van der Waals surface area contributed by atoms with Crippen molar-refractivity contribution in [3.63, 3.8) is 0 Å². The lowest BCUT2D eigenvalue weighted by atomic mass is 9.96. The van der Waals surface area contributed by atoms with Gasteiger partial charge < -0.3 is 9.47 Å². The Morgan fingerprint density at radius 3 is 2.78 bits per heavy atom. The summed E-state index contributed by atoms with van der Waals surface area (Å²) in [6.45, 7) is 2.78. The molecule has 3 unspecified atom stereocenters. The number of benzene rings is 1. The van der Waals surface area contributed by atoms with Crippen molar-refractivity contribution < 1.29 is 13.9 Å². The minimum Gasteiger partial charge on any atom is -0.496 e. The van der Waals surface area contributed by atoms with E-state index < -0.39 is 0 Å². The van der Waals surface area contributed by atoms with Gasteiger partial charge in [-0.1, -0.05) is 15.9 Å².